The van der Waals surface area contributed by atoms with Crippen molar-refractivity contribution in [1.29, 1.82) is 0 Å². The Labute approximate surface area is 113 Å². The molecule has 1 aromatic rings. The number of ether oxygens (including phenoxy) is 1. The highest BCUT2D eigenvalue weighted by atomic mass is 16.5. The van der Waals surface area contributed by atoms with E-state index in [4.69, 9.17) is 4.74 Å². The van der Waals surface area contributed by atoms with Crippen LogP contribution in [0.15, 0.2) is 30.3 Å². The van der Waals surface area contributed by atoms with E-state index in [0.717, 1.165) is 5.56 Å². The number of methoxy groups -OCH3 is 1. The van der Waals surface area contributed by atoms with Gasteiger partial charge >= 0.3 is 5.97 Å². The zero-order valence-corrected chi connectivity index (χ0v) is 11.5. The summed E-state index contributed by atoms with van der Waals surface area (Å²) >= 11 is 0. The number of benzene rings is 1. The normalized spacial score (nSPS) is 30.1. The van der Waals surface area contributed by atoms with Crippen molar-refractivity contribution in [2.45, 2.75) is 31.8 Å². The molecule has 0 bridgehead atoms. The highest BCUT2D eigenvalue weighted by Crippen LogP contribution is 2.39. The fraction of sp³-hybridized carbons (Fsp3) is 0.467. The Morgan fingerprint density at radius 3 is 2.47 bits per heavy atom. The summed E-state index contributed by atoms with van der Waals surface area (Å²) in [5.41, 5.74) is 0.223. The lowest BCUT2D eigenvalue weighted by Gasteiger charge is -2.22. The third kappa shape index (κ3) is 2.54. The molecule has 0 spiro atoms. The van der Waals surface area contributed by atoms with Crippen LogP contribution < -0.4 is 5.32 Å². The number of hydrogen-bond acceptors (Lipinski definition) is 4. The molecule has 0 saturated carbocycles. The number of esters is 1. The number of rotatable bonds is 3. The summed E-state index contributed by atoms with van der Waals surface area (Å²) in [5.74, 6) is -0.433. The first-order valence-electron chi connectivity index (χ1n) is 6.39. The second kappa shape index (κ2) is 5.13. The van der Waals surface area contributed by atoms with Crippen molar-refractivity contribution in [1.82, 2.24) is 5.32 Å². The number of hydrogen-bond donors (Lipinski definition) is 1. The molecule has 1 aliphatic heterocycles. The molecule has 1 N–H and O–H groups in total. The monoisotopic (exact) mass is 261 g/mol. The predicted octanol–water partition coefficient (Wildman–Crippen LogP) is 1.86. The highest BCUT2D eigenvalue weighted by molar-refractivity contribution is 5.85. The second-order valence-corrected chi connectivity index (χ2v) is 5.28. The van der Waals surface area contributed by atoms with Crippen LogP contribution in [0.4, 0.5) is 0 Å². The van der Waals surface area contributed by atoms with E-state index in [1.54, 1.807) is 13.8 Å². The average molecular weight is 261 g/mol. The van der Waals surface area contributed by atoms with Gasteiger partial charge in [0.15, 0.2) is 0 Å². The number of Topliss-reactive ketones (excluding diaryl/α,β-unsaturated/α-hetero) is 1. The maximum absolute atomic E-state index is 11.9. The molecule has 1 aliphatic rings. The largest absolute Gasteiger partial charge is 0.468 e. The number of ketones is 1. The molecule has 102 valence electrons. The predicted molar refractivity (Wildman–Crippen MR) is 71.5 cm³/mol. The van der Waals surface area contributed by atoms with Gasteiger partial charge in [-0.05, 0) is 25.8 Å². The zero-order chi connectivity index (χ0) is 14.0. The van der Waals surface area contributed by atoms with Crippen LogP contribution in [0.5, 0.6) is 0 Å². The molecule has 0 amide bonds. The van der Waals surface area contributed by atoms with Gasteiger partial charge in [-0.15, -0.1) is 0 Å². The van der Waals surface area contributed by atoms with Gasteiger partial charge in [-0.1, -0.05) is 30.3 Å². The number of nitrogens with one attached hydrogen (secondary N) is 1. The second-order valence-electron chi connectivity index (χ2n) is 5.28. The van der Waals surface area contributed by atoms with E-state index in [1.807, 2.05) is 30.3 Å². The molecule has 0 aliphatic carbocycles. The van der Waals surface area contributed by atoms with Crippen LogP contribution in [0.25, 0.3) is 0 Å². The summed E-state index contributed by atoms with van der Waals surface area (Å²) in [4.78, 5) is 23.7. The minimum absolute atomic E-state index is 0.0916. The van der Waals surface area contributed by atoms with Crippen molar-refractivity contribution in [3.05, 3.63) is 35.9 Å². The molecule has 3 atom stereocenters. The summed E-state index contributed by atoms with van der Waals surface area (Å²) in [5, 5.41) is 3.27. The Hall–Kier alpha value is -1.68. The van der Waals surface area contributed by atoms with Gasteiger partial charge in [0.05, 0.1) is 7.11 Å². The molecule has 0 aromatic heterocycles. The lowest BCUT2D eigenvalue weighted by molar-refractivity contribution is -0.147. The van der Waals surface area contributed by atoms with Crippen LogP contribution >= 0.6 is 0 Å². The number of carbonyl (C=O) groups is 2. The highest BCUT2D eigenvalue weighted by Gasteiger charge is 2.49. The minimum Gasteiger partial charge on any atom is -0.468 e. The van der Waals surface area contributed by atoms with Crippen LogP contribution in [0, 0.1) is 5.92 Å². The molecule has 1 fully saturated rings. The van der Waals surface area contributed by atoms with Gasteiger partial charge in [0.2, 0.25) is 0 Å². The summed E-state index contributed by atoms with van der Waals surface area (Å²) in [6.07, 6.45) is 0.467. The molecule has 19 heavy (non-hydrogen) atoms. The van der Waals surface area contributed by atoms with Crippen molar-refractivity contribution in [3.63, 3.8) is 0 Å². The molecule has 0 unspecified atom stereocenters. The lowest BCUT2D eigenvalue weighted by Crippen LogP contribution is -2.45. The van der Waals surface area contributed by atoms with Gasteiger partial charge in [0.25, 0.3) is 0 Å². The lowest BCUT2D eigenvalue weighted by atomic mass is 9.87. The van der Waals surface area contributed by atoms with Gasteiger partial charge < -0.3 is 4.74 Å². The van der Waals surface area contributed by atoms with Crippen molar-refractivity contribution >= 4 is 11.8 Å². The van der Waals surface area contributed by atoms with Gasteiger partial charge in [0.1, 0.15) is 11.3 Å². The third-order valence-corrected chi connectivity index (χ3v) is 3.82. The van der Waals surface area contributed by atoms with E-state index in [9.17, 15) is 9.59 Å². The van der Waals surface area contributed by atoms with Crippen molar-refractivity contribution in [2.24, 2.45) is 5.92 Å². The number of carbonyl (C=O) groups excluding carboxylic acids is 2. The smallest absolute Gasteiger partial charge is 0.325 e. The molecule has 1 saturated heterocycles. The van der Waals surface area contributed by atoms with Gasteiger partial charge in [-0.2, -0.15) is 0 Å². The standard InChI is InChI=1S/C15H19NO3/c1-10(17)12-9-15(2,14(18)19-3)16-13(12)11-7-5-4-6-8-11/h4-8,12-13,16H,9H2,1-3H3/t12-,13+,15+/m0/s1. The van der Waals surface area contributed by atoms with Crippen molar-refractivity contribution < 1.29 is 14.3 Å². The Morgan fingerprint density at radius 1 is 1.32 bits per heavy atom. The molecular weight excluding hydrogens is 242 g/mol. The molecule has 4 heteroatoms. The van der Waals surface area contributed by atoms with Crippen LogP contribution in [0.3, 0.4) is 0 Å². The molecular formula is C15H19NO3. The van der Waals surface area contributed by atoms with E-state index in [0.29, 0.717) is 6.42 Å². The maximum atomic E-state index is 11.9. The maximum Gasteiger partial charge on any atom is 0.325 e. The third-order valence-electron chi connectivity index (χ3n) is 3.82. The first-order chi connectivity index (χ1) is 8.98. The molecule has 2 rings (SSSR count). The topological polar surface area (TPSA) is 55.4 Å². The van der Waals surface area contributed by atoms with Gasteiger partial charge in [-0.3, -0.25) is 14.9 Å². The zero-order valence-electron chi connectivity index (χ0n) is 11.5. The summed E-state index contributed by atoms with van der Waals surface area (Å²) in [6.45, 7) is 3.36. The van der Waals surface area contributed by atoms with E-state index in [1.165, 1.54) is 7.11 Å². The van der Waals surface area contributed by atoms with Crippen molar-refractivity contribution in [3.8, 4) is 0 Å². The van der Waals surface area contributed by atoms with Crippen LogP contribution in [-0.2, 0) is 14.3 Å². The SMILES string of the molecule is COC(=O)[C@@]1(C)C[C@@H](C(C)=O)[C@@H](c2ccccc2)N1. The Balaban J connectivity index is 2.33. The average Bonchev–Trinajstić information content (AvgIpc) is 2.78. The van der Waals surface area contributed by atoms with Crippen LogP contribution in [0.1, 0.15) is 31.9 Å². The first-order valence-corrected chi connectivity index (χ1v) is 6.39. The van der Waals surface area contributed by atoms with Gasteiger partial charge in [-0.25, -0.2) is 0 Å². The fourth-order valence-corrected chi connectivity index (χ4v) is 2.78. The van der Waals surface area contributed by atoms with Crippen LogP contribution in [0.2, 0.25) is 0 Å². The van der Waals surface area contributed by atoms with E-state index >= 15 is 0 Å². The summed E-state index contributed by atoms with van der Waals surface area (Å²) in [6, 6.07) is 9.60. The quantitative estimate of drug-likeness (QED) is 0.844. The Morgan fingerprint density at radius 2 is 1.95 bits per heavy atom. The Bertz CT molecular complexity index is 485. The van der Waals surface area contributed by atoms with E-state index in [2.05, 4.69) is 5.32 Å². The molecule has 1 aromatic carbocycles. The first kappa shape index (κ1) is 13.7. The summed E-state index contributed by atoms with van der Waals surface area (Å²) < 4.78 is 4.84. The molecule has 1 heterocycles. The molecule has 4 nitrogen and oxygen atoms in total. The van der Waals surface area contributed by atoms with Crippen LogP contribution in [-0.4, -0.2) is 24.4 Å². The van der Waals surface area contributed by atoms with E-state index in [-0.39, 0.29) is 23.7 Å². The van der Waals surface area contributed by atoms with Crippen molar-refractivity contribution in [2.75, 3.05) is 7.11 Å². The van der Waals surface area contributed by atoms with E-state index < -0.39 is 5.54 Å². The molecule has 0 radical (unpaired) electrons. The minimum atomic E-state index is -0.800. The Kier molecular flexibility index (Phi) is 3.71. The summed E-state index contributed by atoms with van der Waals surface area (Å²) in [7, 11) is 1.37. The van der Waals surface area contributed by atoms with Gasteiger partial charge in [0, 0.05) is 12.0 Å². The fourth-order valence-electron chi connectivity index (χ4n) is 2.78.